The topological polar surface area (TPSA) is 41.5 Å². The molecule has 2 atom stereocenters. The van der Waals surface area contributed by atoms with Crippen LogP contribution in [0.15, 0.2) is 18.2 Å². The van der Waals surface area contributed by atoms with Gasteiger partial charge in [0.15, 0.2) is 0 Å². The Labute approximate surface area is 134 Å². The van der Waals surface area contributed by atoms with E-state index in [1.807, 2.05) is 11.8 Å². The van der Waals surface area contributed by atoms with Crippen LogP contribution in [0.5, 0.6) is 5.75 Å². The fourth-order valence-corrected chi connectivity index (χ4v) is 3.61. The van der Waals surface area contributed by atoms with E-state index in [2.05, 4.69) is 5.32 Å². The minimum atomic E-state index is -0.548. The highest BCUT2D eigenvalue weighted by atomic mass is 35.5. The first-order valence-electron chi connectivity index (χ1n) is 6.72. The first kappa shape index (κ1) is 16.2. The van der Waals surface area contributed by atoms with Crippen LogP contribution < -0.4 is 10.1 Å². The lowest BCUT2D eigenvalue weighted by Crippen LogP contribution is -2.40. The van der Waals surface area contributed by atoms with E-state index < -0.39 is 6.10 Å². The molecule has 0 amide bonds. The van der Waals surface area contributed by atoms with Crippen molar-refractivity contribution in [2.24, 2.45) is 0 Å². The van der Waals surface area contributed by atoms with E-state index >= 15 is 0 Å². The number of rotatable bonds is 6. The van der Waals surface area contributed by atoms with E-state index in [4.69, 9.17) is 27.9 Å². The summed E-state index contributed by atoms with van der Waals surface area (Å²) >= 11 is 13.8. The summed E-state index contributed by atoms with van der Waals surface area (Å²) in [5.74, 6) is 2.92. The van der Waals surface area contributed by atoms with Crippen molar-refractivity contribution >= 4 is 35.0 Å². The van der Waals surface area contributed by atoms with Crippen LogP contribution in [0.25, 0.3) is 0 Å². The molecule has 3 nitrogen and oxygen atoms in total. The first-order chi connectivity index (χ1) is 9.65. The van der Waals surface area contributed by atoms with Gasteiger partial charge in [0.05, 0.1) is 5.02 Å². The molecule has 2 N–H and O–H groups in total. The number of ether oxygens (including phenoxy) is 1. The van der Waals surface area contributed by atoms with Gasteiger partial charge >= 0.3 is 0 Å². The number of nitrogens with one attached hydrogen (secondary N) is 1. The third-order valence-electron chi connectivity index (χ3n) is 3.13. The Morgan fingerprint density at radius 2 is 2.30 bits per heavy atom. The Bertz CT molecular complexity index is 428. The minimum Gasteiger partial charge on any atom is -0.489 e. The fourth-order valence-electron chi connectivity index (χ4n) is 2.04. The summed E-state index contributed by atoms with van der Waals surface area (Å²) in [5.41, 5.74) is 0. The summed E-state index contributed by atoms with van der Waals surface area (Å²) in [6.07, 6.45) is 1.88. The molecule has 0 aromatic heterocycles. The summed E-state index contributed by atoms with van der Waals surface area (Å²) in [5, 5.41) is 14.3. The van der Waals surface area contributed by atoms with Gasteiger partial charge in [0, 0.05) is 23.4 Å². The standard InChI is InChI=1S/C14H19Cl2NO2S/c15-10-3-4-14(13(16)6-10)19-8-12(18)7-17-11-2-1-5-20-9-11/h3-4,6,11-12,17-18H,1-2,5,7-9H2. The summed E-state index contributed by atoms with van der Waals surface area (Å²) in [7, 11) is 0. The third-order valence-corrected chi connectivity index (χ3v) is 4.87. The van der Waals surface area contributed by atoms with Gasteiger partial charge in [0.1, 0.15) is 18.5 Å². The lowest BCUT2D eigenvalue weighted by molar-refractivity contribution is 0.104. The highest BCUT2D eigenvalue weighted by Crippen LogP contribution is 2.27. The molecule has 0 bridgehead atoms. The predicted octanol–water partition coefficient (Wildman–Crippen LogP) is 3.22. The Morgan fingerprint density at radius 1 is 1.45 bits per heavy atom. The monoisotopic (exact) mass is 335 g/mol. The molecule has 1 aliphatic heterocycles. The van der Waals surface area contributed by atoms with Crippen molar-refractivity contribution in [1.82, 2.24) is 5.32 Å². The van der Waals surface area contributed by atoms with Crippen LogP contribution in [0.3, 0.4) is 0 Å². The van der Waals surface area contributed by atoms with Gasteiger partial charge in [-0.15, -0.1) is 0 Å². The molecule has 2 rings (SSSR count). The number of hydrogen-bond donors (Lipinski definition) is 2. The molecule has 0 spiro atoms. The number of hydrogen-bond acceptors (Lipinski definition) is 4. The lowest BCUT2D eigenvalue weighted by atomic mass is 10.2. The highest BCUT2D eigenvalue weighted by molar-refractivity contribution is 7.99. The number of benzene rings is 1. The zero-order chi connectivity index (χ0) is 14.4. The van der Waals surface area contributed by atoms with Crippen LogP contribution in [-0.2, 0) is 0 Å². The predicted molar refractivity (Wildman–Crippen MR) is 86.3 cm³/mol. The summed E-state index contributed by atoms with van der Waals surface area (Å²) in [6, 6.07) is 5.56. The quantitative estimate of drug-likeness (QED) is 0.837. The Kier molecular flexibility index (Phi) is 6.78. The summed E-state index contributed by atoms with van der Waals surface area (Å²) in [4.78, 5) is 0. The van der Waals surface area contributed by atoms with Crippen molar-refractivity contribution in [3.05, 3.63) is 28.2 Å². The second-order valence-corrected chi connectivity index (χ2v) is 6.86. The molecule has 1 aliphatic rings. The van der Waals surface area contributed by atoms with Gasteiger partial charge < -0.3 is 15.2 Å². The van der Waals surface area contributed by atoms with Gasteiger partial charge in [0.2, 0.25) is 0 Å². The normalized spacial score (nSPS) is 20.6. The molecular formula is C14H19Cl2NO2S. The largest absolute Gasteiger partial charge is 0.489 e. The van der Waals surface area contributed by atoms with E-state index in [0.29, 0.717) is 28.4 Å². The van der Waals surface area contributed by atoms with Crippen LogP contribution in [-0.4, -0.2) is 41.9 Å². The maximum Gasteiger partial charge on any atom is 0.138 e. The fraction of sp³-hybridized carbons (Fsp3) is 0.571. The molecular weight excluding hydrogens is 317 g/mol. The van der Waals surface area contributed by atoms with Crippen molar-refractivity contribution in [3.63, 3.8) is 0 Å². The number of thioether (sulfide) groups is 1. The van der Waals surface area contributed by atoms with Gasteiger partial charge in [-0.2, -0.15) is 11.8 Å². The van der Waals surface area contributed by atoms with Crippen molar-refractivity contribution < 1.29 is 9.84 Å². The Balaban J connectivity index is 1.70. The first-order valence-corrected chi connectivity index (χ1v) is 8.63. The van der Waals surface area contributed by atoms with Crippen LogP contribution >= 0.6 is 35.0 Å². The molecule has 1 aromatic rings. The second kappa shape index (κ2) is 8.35. The Hall–Kier alpha value is -0.130. The minimum absolute atomic E-state index is 0.216. The van der Waals surface area contributed by atoms with E-state index in [1.165, 1.54) is 18.6 Å². The smallest absolute Gasteiger partial charge is 0.138 e. The van der Waals surface area contributed by atoms with Gasteiger partial charge in [-0.25, -0.2) is 0 Å². The van der Waals surface area contributed by atoms with Crippen LogP contribution in [0.2, 0.25) is 10.0 Å². The van der Waals surface area contributed by atoms with Gasteiger partial charge in [-0.05, 0) is 36.8 Å². The second-order valence-electron chi connectivity index (χ2n) is 4.86. The molecule has 112 valence electrons. The maximum atomic E-state index is 9.92. The number of aliphatic hydroxyl groups excluding tert-OH is 1. The van der Waals surface area contributed by atoms with Crippen molar-refractivity contribution in [1.29, 1.82) is 0 Å². The Morgan fingerprint density at radius 3 is 3.00 bits per heavy atom. The lowest BCUT2D eigenvalue weighted by Gasteiger charge is -2.24. The summed E-state index contributed by atoms with van der Waals surface area (Å²) in [6.45, 7) is 0.755. The van der Waals surface area contributed by atoms with E-state index in [0.717, 1.165) is 5.75 Å². The molecule has 0 radical (unpaired) electrons. The van der Waals surface area contributed by atoms with Crippen LogP contribution in [0, 0.1) is 0 Å². The summed E-state index contributed by atoms with van der Waals surface area (Å²) < 4.78 is 5.51. The van der Waals surface area contributed by atoms with E-state index in [9.17, 15) is 5.11 Å². The van der Waals surface area contributed by atoms with E-state index in [1.54, 1.807) is 18.2 Å². The SMILES string of the molecule is OC(CNC1CCCSC1)COc1ccc(Cl)cc1Cl. The van der Waals surface area contributed by atoms with Crippen LogP contribution in [0.4, 0.5) is 0 Å². The third kappa shape index (κ3) is 5.34. The maximum absolute atomic E-state index is 9.92. The molecule has 20 heavy (non-hydrogen) atoms. The zero-order valence-corrected chi connectivity index (χ0v) is 13.5. The molecule has 1 saturated heterocycles. The molecule has 6 heteroatoms. The van der Waals surface area contributed by atoms with Gasteiger partial charge in [-0.3, -0.25) is 0 Å². The van der Waals surface area contributed by atoms with E-state index in [-0.39, 0.29) is 6.61 Å². The molecule has 0 aliphatic carbocycles. The number of halogens is 2. The van der Waals surface area contributed by atoms with Crippen molar-refractivity contribution in [2.75, 3.05) is 24.7 Å². The zero-order valence-electron chi connectivity index (χ0n) is 11.1. The molecule has 0 saturated carbocycles. The number of aliphatic hydroxyl groups is 1. The average Bonchev–Trinajstić information content (AvgIpc) is 2.45. The van der Waals surface area contributed by atoms with Crippen LogP contribution in [0.1, 0.15) is 12.8 Å². The van der Waals surface area contributed by atoms with Crippen molar-refractivity contribution in [3.8, 4) is 5.75 Å². The average molecular weight is 336 g/mol. The van der Waals surface area contributed by atoms with Gasteiger partial charge in [0.25, 0.3) is 0 Å². The van der Waals surface area contributed by atoms with Gasteiger partial charge in [-0.1, -0.05) is 23.2 Å². The molecule has 1 aromatic carbocycles. The van der Waals surface area contributed by atoms with Crippen molar-refractivity contribution in [2.45, 2.75) is 25.0 Å². The molecule has 1 fully saturated rings. The molecule has 1 heterocycles. The highest BCUT2D eigenvalue weighted by Gasteiger charge is 2.15. The molecule has 2 unspecified atom stereocenters.